The van der Waals surface area contributed by atoms with Crippen LogP contribution in [0.2, 0.25) is 0 Å². The smallest absolute Gasteiger partial charge is 0.122 e. The number of benzene rings is 1. The van der Waals surface area contributed by atoms with Crippen molar-refractivity contribution in [3.05, 3.63) is 40.9 Å². The fourth-order valence-corrected chi connectivity index (χ4v) is 2.31. The van der Waals surface area contributed by atoms with Gasteiger partial charge in [-0.05, 0) is 43.1 Å². The third-order valence-electron chi connectivity index (χ3n) is 2.65. The van der Waals surface area contributed by atoms with Crippen molar-refractivity contribution < 1.29 is 4.74 Å². The van der Waals surface area contributed by atoms with Crippen molar-refractivity contribution in [3.8, 4) is 5.75 Å². The van der Waals surface area contributed by atoms with Crippen LogP contribution in [-0.4, -0.2) is 19.7 Å². The van der Waals surface area contributed by atoms with Gasteiger partial charge in [-0.2, -0.15) is 0 Å². The van der Waals surface area contributed by atoms with Crippen LogP contribution in [-0.2, 0) is 6.42 Å². The molecule has 2 nitrogen and oxygen atoms in total. The van der Waals surface area contributed by atoms with Crippen molar-refractivity contribution in [3.63, 3.8) is 0 Å². The summed E-state index contributed by atoms with van der Waals surface area (Å²) in [5, 5.41) is 3.46. The maximum Gasteiger partial charge on any atom is 0.122 e. The molecule has 1 N–H and O–H groups in total. The number of likely N-dealkylation sites (N-methyl/N-ethyl adjacent to an activating group) is 1. The van der Waals surface area contributed by atoms with Gasteiger partial charge in [-0.1, -0.05) is 28.9 Å². The van der Waals surface area contributed by atoms with Crippen LogP contribution in [0.15, 0.2) is 35.3 Å². The summed E-state index contributed by atoms with van der Waals surface area (Å²) in [5.74, 6) is 0.945. The van der Waals surface area contributed by atoms with Gasteiger partial charge < -0.3 is 10.1 Å². The molecule has 0 aliphatic heterocycles. The van der Waals surface area contributed by atoms with Crippen LogP contribution >= 0.6 is 15.9 Å². The van der Waals surface area contributed by atoms with Gasteiger partial charge in [-0.15, -0.1) is 6.58 Å². The lowest BCUT2D eigenvalue weighted by molar-refractivity contribution is 0.405. The first kappa shape index (κ1) is 14.3. The molecule has 94 valence electrons. The molecule has 0 aliphatic rings. The van der Waals surface area contributed by atoms with E-state index in [1.807, 2.05) is 18.2 Å². The Kier molecular flexibility index (Phi) is 6.30. The molecule has 1 unspecified atom stereocenters. The van der Waals surface area contributed by atoms with Gasteiger partial charge in [0, 0.05) is 10.5 Å². The molecule has 1 aromatic carbocycles. The lowest BCUT2D eigenvalue weighted by Crippen LogP contribution is -2.30. The van der Waals surface area contributed by atoms with E-state index < -0.39 is 0 Å². The molecule has 0 saturated carbocycles. The molecule has 0 radical (unpaired) electrons. The molecule has 3 heteroatoms. The molecule has 0 bridgehead atoms. The lowest BCUT2D eigenvalue weighted by Gasteiger charge is -2.18. The Bertz CT molecular complexity index is 365. The molecule has 0 saturated heterocycles. The molecule has 1 atom stereocenters. The molecular formula is C14H20BrNO. The largest absolute Gasteiger partial charge is 0.496 e. The monoisotopic (exact) mass is 297 g/mol. The summed E-state index contributed by atoms with van der Waals surface area (Å²) in [5.41, 5.74) is 1.22. The number of ether oxygens (including phenoxy) is 1. The summed E-state index contributed by atoms with van der Waals surface area (Å²) in [4.78, 5) is 0. The van der Waals surface area contributed by atoms with E-state index in [-0.39, 0.29) is 0 Å². The Hall–Kier alpha value is -0.800. The maximum atomic E-state index is 5.38. The van der Waals surface area contributed by atoms with Crippen molar-refractivity contribution in [1.82, 2.24) is 5.32 Å². The van der Waals surface area contributed by atoms with Crippen molar-refractivity contribution in [2.45, 2.75) is 25.8 Å². The second-order valence-electron chi connectivity index (χ2n) is 3.94. The van der Waals surface area contributed by atoms with Gasteiger partial charge in [-0.3, -0.25) is 0 Å². The van der Waals surface area contributed by atoms with E-state index in [1.54, 1.807) is 7.11 Å². The van der Waals surface area contributed by atoms with Gasteiger partial charge in [0.2, 0.25) is 0 Å². The van der Waals surface area contributed by atoms with Crippen molar-refractivity contribution in [2.24, 2.45) is 0 Å². The molecule has 1 rings (SSSR count). The minimum absolute atomic E-state index is 0.417. The van der Waals surface area contributed by atoms with Gasteiger partial charge >= 0.3 is 0 Å². The molecule has 0 aliphatic carbocycles. The zero-order valence-corrected chi connectivity index (χ0v) is 12.1. The Labute approximate surface area is 112 Å². The van der Waals surface area contributed by atoms with Crippen LogP contribution < -0.4 is 10.1 Å². The Morgan fingerprint density at radius 1 is 1.53 bits per heavy atom. The predicted octanol–water partition coefficient (Wildman–Crippen LogP) is 3.55. The van der Waals surface area contributed by atoms with Gasteiger partial charge in [0.25, 0.3) is 0 Å². The van der Waals surface area contributed by atoms with Crippen LogP contribution in [0.5, 0.6) is 5.75 Å². The fraction of sp³-hybridized carbons (Fsp3) is 0.429. The maximum absolute atomic E-state index is 5.38. The standard InChI is InChI=1S/C14H20BrNO/c1-4-6-13(16-5-2)10-11-9-12(15)7-8-14(11)17-3/h4,7-9,13,16H,1,5-6,10H2,2-3H3. The van der Waals surface area contributed by atoms with E-state index in [0.717, 1.165) is 29.6 Å². The molecule has 0 spiro atoms. The van der Waals surface area contributed by atoms with Crippen molar-refractivity contribution in [2.75, 3.05) is 13.7 Å². The summed E-state index contributed by atoms with van der Waals surface area (Å²) in [6, 6.07) is 6.53. The van der Waals surface area contributed by atoms with Crippen LogP contribution in [0.25, 0.3) is 0 Å². The van der Waals surface area contributed by atoms with E-state index in [4.69, 9.17) is 4.74 Å². The summed E-state index contributed by atoms with van der Waals surface area (Å²) in [6.07, 6.45) is 3.86. The average molecular weight is 298 g/mol. The van der Waals surface area contributed by atoms with E-state index in [0.29, 0.717) is 6.04 Å². The molecule has 0 heterocycles. The zero-order chi connectivity index (χ0) is 12.7. The van der Waals surface area contributed by atoms with E-state index in [1.165, 1.54) is 5.56 Å². The number of hydrogen-bond donors (Lipinski definition) is 1. The quantitative estimate of drug-likeness (QED) is 0.777. The lowest BCUT2D eigenvalue weighted by atomic mass is 10.0. The van der Waals surface area contributed by atoms with Crippen LogP contribution in [0.4, 0.5) is 0 Å². The van der Waals surface area contributed by atoms with E-state index in [2.05, 4.69) is 40.8 Å². The topological polar surface area (TPSA) is 21.3 Å². The predicted molar refractivity (Wildman–Crippen MR) is 76.7 cm³/mol. The SMILES string of the molecule is C=CCC(Cc1cc(Br)ccc1OC)NCC. The minimum atomic E-state index is 0.417. The number of rotatable bonds is 7. The first-order chi connectivity index (χ1) is 8.21. The van der Waals surface area contributed by atoms with E-state index >= 15 is 0 Å². The molecule has 0 amide bonds. The molecule has 0 aromatic heterocycles. The van der Waals surface area contributed by atoms with Crippen molar-refractivity contribution in [1.29, 1.82) is 0 Å². The second-order valence-corrected chi connectivity index (χ2v) is 4.85. The zero-order valence-electron chi connectivity index (χ0n) is 10.5. The first-order valence-corrected chi connectivity index (χ1v) is 6.67. The third kappa shape index (κ3) is 4.52. The molecule has 0 fully saturated rings. The first-order valence-electron chi connectivity index (χ1n) is 5.88. The molecule has 1 aromatic rings. The van der Waals surface area contributed by atoms with Gasteiger partial charge in [0.05, 0.1) is 7.11 Å². The number of halogens is 1. The highest BCUT2D eigenvalue weighted by Crippen LogP contribution is 2.24. The third-order valence-corrected chi connectivity index (χ3v) is 3.15. The van der Waals surface area contributed by atoms with Gasteiger partial charge in [0.1, 0.15) is 5.75 Å². The highest BCUT2D eigenvalue weighted by molar-refractivity contribution is 9.10. The van der Waals surface area contributed by atoms with Gasteiger partial charge in [-0.25, -0.2) is 0 Å². The minimum Gasteiger partial charge on any atom is -0.496 e. The summed E-state index contributed by atoms with van der Waals surface area (Å²) < 4.78 is 6.47. The fourth-order valence-electron chi connectivity index (χ4n) is 1.90. The average Bonchev–Trinajstić information content (AvgIpc) is 2.30. The highest BCUT2D eigenvalue weighted by Gasteiger charge is 2.10. The number of methoxy groups -OCH3 is 1. The summed E-state index contributed by atoms with van der Waals surface area (Å²) >= 11 is 3.50. The van der Waals surface area contributed by atoms with Gasteiger partial charge in [0.15, 0.2) is 0 Å². The number of nitrogens with one attached hydrogen (secondary N) is 1. The highest BCUT2D eigenvalue weighted by atomic mass is 79.9. The second kappa shape index (κ2) is 7.51. The Morgan fingerprint density at radius 2 is 2.29 bits per heavy atom. The summed E-state index contributed by atoms with van der Waals surface area (Å²) in [6.45, 7) is 6.89. The number of hydrogen-bond acceptors (Lipinski definition) is 2. The normalized spacial score (nSPS) is 12.2. The Morgan fingerprint density at radius 3 is 2.88 bits per heavy atom. The van der Waals surface area contributed by atoms with E-state index in [9.17, 15) is 0 Å². The summed E-state index contributed by atoms with van der Waals surface area (Å²) in [7, 11) is 1.71. The van der Waals surface area contributed by atoms with Crippen molar-refractivity contribution >= 4 is 15.9 Å². The molecule has 17 heavy (non-hydrogen) atoms. The van der Waals surface area contributed by atoms with Crippen LogP contribution in [0, 0.1) is 0 Å². The Balaban J connectivity index is 2.82. The van der Waals surface area contributed by atoms with Crippen LogP contribution in [0.1, 0.15) is 18.9 Å². The molecular weight excluding hydrogens is 278 g/mol. The van der Waals surface area contributed by atoms with Crippen LogP contribution in [0.3, 0.4) is 0 Å².